The molecule has 0 rings (SSSR count). The van der Waals surface area contributed by atoms with Crippen LogP contribution in [0.3, 0.4) is 0 Å². The molecule has 0 fully saturated rings. The van der Waals surface area contributed by atoms with Gasteiger partial charge in [0, 0.05) is 0 Å². The first-order chi connectivity index (χ1) is 6.02. The molecule has 0 saturated heterocycles. The number of nitrogens with one attached hydrogen (secondary N) is 1. The number of primary amides is 1. The van der Waals surface area contributed by atoms with E-state index < -0.39 is 6.03 Å². The van der Waals surface area contributed by atoms with Crippen LogP contribution in [0.5, 0.6) is 0 Å². The second-order valence-electron chi connectivity index (χ2n) is 2.10. The molecule has 0 aliphatic heterocycles. The lowest BCUT2D eigenvalue weighted by molar-refractivity contribution is 0.249. The summed E-state index contributed by atoms with van der Waals surface area (Å²) in [6.07, 6.45) is 4.55. The SMILES string of the molecule is CC(/C=N/NC(N)=O)=C\C=C(Cl)Cl. The highest BCUT2D eigenvalue weighted by Crippen LogP contribution is 2.06. The van der Waals surface area contributed by atoms with E-state index in [2.05, 4.69) is 5.10 Å². The number of amides is 2. The maximum absolute atomic E-state index is 10.2. The zero-order chi connectivity index (χ0) is 10.3. The van der Waals surface area contributed by atoms with Gasteiger partial charge < -0.3 is 5.73 Å². The van der Waals surface area contributed by atoms with Gasteiger partial charge in [-0.1, -0.05) is 29.3 Å². The molecule has 0 aromatic carbocycles. The van der Waals surface area contributed by atoms with Crippen molar-refractivity contribution in [2.24, 2.45) is 10.8 Å². The van der Waals surface area contributed by atoms with E-state index in [4.69, 9.17) is 28.9 Å². The third kappa shape index (κ3) is 8.91. The lowest BCUT2D eigenvalue weighted by Gasteiger charge is -1.90. The van der Waals surface area contributed by atoms with Gasteiger partial charge in [-0.05, 0) is 18.6 Å². The van der Waals surface area contributed by atoms with Crippen LogP contribution >= 0.6 is 23.2 Å². The van der Waals surface area contributed by atoms with Gasteiger partial charge in [0.15, 0.2) is 0 Å². The van der Waals surface area contributed by atoms with Crippen LogP contribution in [0, 0.1) is 0 Å². The Hall–Kier alpha value is -1.000. The van der Waals surface area contributed by atoms with Gasteiger partial charge in [0.05, 0.1) is 6.21 Å². The van der Waals surface area contributed by atoms with Crippen LogP contribution < -0.4 is 11.2 Å². The number of hydrazone groups is 1. The van der Waals surface area contributed by atoms with Gasteiger partial charge in [0.25, 0.3) is 0 Å². The number of carbonyl (C=O) groups is 1. The molecule has 0 heterocycles. The molecule has 0 atom stereocenters. The van der Waals surface area contributed by atoms with Crippen molar-refractivity contribution in [2.75, 3.05) is 0 Å². The van der Waals surface area contributed by atoms with Crippen LogP contribution in [0.25, 0.3) is 0 Å². The zero-order valence-electron chi connectivity index (χ0n) is 6.92. The summed E-state index contributed by atoms with van der Waals surface area (Å²) in [4.78, 5) is 10.2. The fourth-order valence-corrected chi connectivity index (χ4v) is 0.561. The molecule has 0 spiro atoms. The zero-order valence-corrected chi connectivity index (χ0v) is 8.43. The van der Waals surface area contributed by atoms with Crippen molar-refractivity contribution in [3.05, 3.63) is 22.2 Å². The monoisotopic (exact) mass is 221 g/mol. The maximum atomic E-state index is 10.2. The minimum Gasteiger partial charge on any atom is -0.350 e. The van der Waals surface area contributed by atoms with E-state index in [-0.39, 0.29) is 4.49 Å². The highest BCUT2D eigenvalue weighted by molar-refractivity contribution is 6.56. The van der Waals surface area contributed by atoms with Crippen molar-refractivity contribution in [2.45, 2.75) is 6.92 Å². The normalized spacial score (nSPS) is 11.5. The van der Waals surface area contributed by atoms with Crippen LogP contribution in [0.15, 0.2) is 27.3 Å². The Morgan fingerprint density at radius 1 is 1.46 bits per heavy atom. The molecular formula is C7H9Cl2N3O. The van der Waals surface area contributed by atoms with Gasteiger partial charge in [-0.25, -0.2) is 10.2 Å². The standard InChI is InChI=1S/C7H9Cl2N3O/c1-5(2-3-6(8)9)4-11-12-7(10)13/h2-4H,1H3,(H3,10,12,13)/b5-2+,11-4+. The Bertz CT molecular complexity index is 267. The largest absolute Gasteiger partial charge is 0.350 e. The van der Waals surface area contributed by atoms with Gasteiger partial charge in [0.2, 0.25) is 0 Å². The van der Waals surface area contributed by atoms with E-state index in [1.807, 2.05) is 5.43 Å². The van der Waals surface area contributed by atoms with Crippen molar-refractivity contribution in [3.63, 3.8) is 0 Å². The summed E-state index contributed by atoms with van der Waals surface area (Å²) in [6.45, 7) is 1.76. The second kappa shape index (κ2) is 6.51. The van der Waals surface area contributed by atoms with Crippen LogP contribution in [-0.4, -0.2) is 12.2 Å². The molecule has 13 heavy (non-hydrogen) atoms. The summed E-state index contributed by atoms with van der Waals surface area (Å²) >= 11 is 10.7. The first-order valence-electron chi connectivity index (χ1n) is 3.30. The Morgan fingerprint density at radius 2 is 2.08 bits per heavy atom. The maximum Gasteiger partial charge on any atom is 0.332 e. The molecule has 0 aromatic rings. The molecule has 0 radical (unpaired) electrons. The Kier molecular flexibility index (Phi) is 6.01. The third-order valence-electron chi connectivity index (χ3n) is 0.915. The summed E-state index contributed by atoms with van der Waals surface area (Å²) in [5.41, 5.74) is 7.58. The van der Waals surface area contributed by atoms with Crippen LogP contribution in [0.4, 0.5) is 4.79 Å². The first-order valence-corrected chi connectivity index (χ1v) is 4.06. The molecule has 0 unspecified atom stereocenters. The molecule has 2 amide bonds. The quantitative estimate of drug-likeness (QED) is 0.427. The topological polar surface area (TPSA) is 67.5 Å². The first kappa shape index (κ1) is 12.0. The summed E-state index contributed by atoms with van der Waals surface area (Å²) in [6, 6.07) is -0.713. The van der Waals surface area contributed by atoms with Crippen molar-refractivity contribution in [3.8, 4) is 0 Å². The molecule has 72 valence electrons. The molecule has 0 aromatic heterocycles. The molecular weight excluding hydrogens is 213 g/mol. The number of nitrogens with two attached hydrogens (primary N) is 1. The van der Waals surface area contributed by atoms with Gasteiger partial charge in [0.1, 0.15) is 4.49 Å². The predicted molar refractivity (Wildman–Crippen MR) is 54.8 cm³/mol. The van der Waals surface area contributed by atoms with Crippen LogP contribution in [0.1, 0.15) is 6.92 Å². The van der Waals surface area contributed by atoms with Crippen molar-refractivity contribution >= 4 is 35.4 Å². The summed E-state index contributed by atoms with van der Waals surface area (Å²) in [5, 5.41) is 3.52. The van der Waals surface area contributed by atoms with Gasteiger partial charge >= 0.3 is 6.03 Å². The molecule has 3 N–H and O–H groups in total. The lowest BCUT2D eigenvalue weighted by atomic mass is 10.3. The Labute approximate surface area is 86.1 Å². The minimum absolute atomic E-state index is 0.149. The molecule has 0 bridgehead atoms. The number of hydrogen-bond acceptors (Lipinski definition) is 2. The van der Waals surface area contributed by atoms with Crippen molar-refractivity contribution < 1.29 is 4.79 Å². The number of rotatable bonds is 3. The highest BCUT2D eigenvalue weighted by Gasteiger charge is 1.85. The molecule has 0 aliphatic carbocycles. The summed E-state index contributed by atoms with van der Waals surface area (Å²) in [7, 11) is 0. The Morgan fingerprint density at radius 3 is 2.54 bits per heavy atom. The molecule has 0 aliphatic rings. The predicted octanol–water partition coefficient (Wildman–Crippen LogP) is 1.91. The number of halogens is 2. The fourth-order valence-electron chi connectivity index (χ4n) is 0.435. The number of urea groups is 1. The number of nitrogens with zero attached hydrogens (tertiary/aromatic N) is 1. The molecule has 0 saturated carbocycles. The number of hydrogen-bond donors (Lipinski definition) is 2. The third-order valence-corrected chi connectivity index (χ3v) is 1.17. The number of allylic oxidation sites excluding steroid dienone is 3. The summed E-state index contributed by atoms with van der Waals surface area (Å²) < 4.78 is 0.149. The van der Waals surface area contributed by atoms with E-state index in [1.165, 1.54) is 12.3 Å². The van der Waals surface area contributed by atoms with Crippen LogP contribution in [0.2, 0.25) is 0 Å². The average molecular weight is 222 g/mol. The van der Waals surface area contributed by atoms with Crippen molar-refractivity contribution in [1.29, 1.82) is 0 Å². The molecule has 6 heteroatoms. The lowest BCUT2D eigenvalue weighted by Crippen LogP contribution is -2.24. The minimum atomic E-state index is -0.713. The molecule has 4 nitrogen and oxygen atoms in total. The van der Waals surface area contributed by atoms with Crippen molar-refractivity contribution in [1.82, 2.24) is 5.43 Å². The smallest absolute Gasteiger partial charge is 0.332 e. The van der Waals surface area contributed by atoms with E-state index in [0.717, 1.165) is 5.57 Å². The van der Waals surface area contributed by atoms with Crippen LogP contribution in [-0.2, 0) is 0 Å². The fraction of sp³-hybridized carbons (Fsp3) is 0.143. The highest BCUT2D eigenvalue weighted by atomic mass is 35.5. The van der Waals surface area contributed by atoms with E-state index >= 15 is 0 Å². The van der Waals surface area contributed by atoms with Gasteiger partial charge in [-0.2, -0.15) is 5.10 Å². The summed E-state index contributed by atoms with van der Waals surface area (Å²) in [5.74, 6) is 0. The Balaban J connectivity index is 4.06. The van der Waals surface area contributed by atoms with Gasteiger partial charge in [-0.3, -0.25) is 0 Å². The van der Waals surface area contributed by atoms with E-state index in [1.54, 1.807) is 13.0 Å². The van der Waals surface area contributed by atoms with E-state index in [0.29, 0.717) is 0 Å². The van der Waals surface area contributed by atoms with Gasteiger partial charge in [-0.15, -0.1) is 0 Å². The van der Waals surface area contributed by atoms with E-state index in [9.17, 15) is 4.79 Å². The average Bonchev–Trinajstić information content (AvgIpc) is 2.00. The number of carbonyl (C=O) groups excluding carboxylic acids is 1. The second-order valence-corrected chi connectivity index (χ2v) is 3.11.